The highest BCUT2D eigenvalue weighted by Gasteiger charge is 2.61. The zero-order chi connectivity index (χ0) is 65.3. The van der Waals surface area contributed by atoms with Gasteiger partial charge in [0.2, 0.25) is 0 Å². The molecule has 0 spiro atoms. The summed E-state index contributed by atoms with van der Waals surface area (Å²) in [6.45, 7) is 53.5. The van der Waals surface area contributed by atoms with E-state index < -0.39 is 17.3 Å². The predicted molar refractivity (Wildman–Crippen MR) is 337 cm³/mol. The Balaban J connectivity index is 0.000000157. The number of likely N-dealkylation sites (tertiary alicyclic amines) is 1. The van der Waals surface area contributed by atoms with Crippen molar-refractivity contribution in [1.82, 2.24) is 60.1 Å². The average molecular weight is 1240 g/mol. The molecular formula is C67H110F4N12O5. The van der Waals surface area contributed by atoms with Crippen LogP contribution in [-0.4, -0.2) is 185 Å². The quantitative estimate of drug-likeness (QED) is 0.128. The van der Waals surface area contributed by atoms with Crippen LogP contribution in [0.3, 0.4) is 0 Å². The molecule has 5 aromatic heterocycles. The molecular weight excluding hydrogens is 1130 g/mol. The van der Waals surface area contributed by atoms with Gasteiger partial charge in [-0.25, -0.2) is 4.39 Å². The van der Waals surface area contributed by atoms with Crippen LogP contribution in [0.5, 0.6) is 0 Å². The number of rotatable bonds is 9. The van der Waals surface area contributed by atoms with Gasteiger partial charge in [-0.1, -0.05) is 136 Å². The molecule has 6 aliphatic rings. The summed E-state index contributed by atoms with van der Waals surface area (Å²) in [5, 5.41) is 20.5. The molecule has 9 heterocycles. The van der Waals surface area contributed by atoms with E-state index >= 15 is 0 Å². The van der Waals surface area contributed by atoms with E-state index in [9.17, 15) is 17.6 Å². The van der Waals surface area contributed by atoms with E-state index in [1.54, 1.807) is 6.92 Å². The number of halogens is 4. The summed E-state index contributed by atoms with van der Waals surface area (Å²) in [7, 11) is 6.55. The lowest BCUT2D eigenvalue weighted by Gasteiger charge is -2.42. The predicted octanol–water partition coefficient (Wildman–Crippen LogP) is 12.9. The molecule has 2 aliphatic carbocycles. The third kappa shape index (κ3) is 18.2. The summed E-state index contributed by atoms with van der Waals surface area (Å²) in [4.78, 5) is 16.7. The zero-order valence-electron chi connectivity index (χ0n) is 57.7. The first kappa shape index (κ1) is 70.9. The molecule has 88 heavy (non-hydrogen) atoms. The molecule has 496 valence electrons. The van der Waals surface area contributed by atoms with Crippen LogP contribution in [0.2, 0.25) is 0 Å². The molecule has 0 unspecified atom stereocenters. The molecule has 17 nitrogen and oxygen atoms in total. The summed E-state index contributed by atoms with van der Waals surface area (Å²) in [6, 6.07) is 9.84. The van der Waals surface area contributed by atoms with Gasteiger partial charge >= 0.3 is 6.18 Å². The number of nitrogens with zero attached hydrogens (tertiary/aromatic N) is 12. The molecule has 0 bridgehead atoms. The van der Waals surface area contributed by atoms with Crippen LogP contribution in [0.25, 0.3) is 0 Å². The monoisotopic (exact) mass is 1240 g/mol. The van der Waals surface area contributed by atoms with Crippen LogP contribution in [0.15, 0.2) is 52.9 Å². The van der Waals surface area contributed by atoms with Crippen molar-refractivity contribution in [3.63, 3.8) is 0 Å². The lowest BCUT2D eigenvalue weighted by atomic mass is 9.66. The molecule has 5 aromatic rings. The van der Waals surface area contributed by atoms with Crippen LogP contribution in [0.4, 0.5) is 17.6 Å². The minimum Gasteiger partial charge on any atom is -0.361 e. The zero-order valence-corrected chi connectivity index (χ0v) is 57.7. The standard InChI is InChI=1S/C15H25N3O.C15H27N3O.C13H23N3O.C12H16F3NO.C12H19FN2O/c1-14(2,3)13-11-12(16-19-13)15(5-6-15)18-9-7-17(4)8-10-18;1-14(2,3)13-11-12(16-19-13)15(4,5)18-9-7-17(6)8-10-18;1-13(2,3)12-9-11(14-17-12)10-16-7-5-15(4)6-8-16;1-10(2,3)9-7-8(16-17-9)11(5-4-6-11)12(13,14)15;1-11(2,3)10-5-9(14-16-10)6-15-7-12(4,13)8-15/h11H,5-10H2,1-4H3;11H,7-10H2,1-6H3;9H,5-8,10H2,1-4H3;7H,4-6H2,1-3H3;5H,6-8H2,1-4H3. The first-order valence-corrected chi connectivity index (χ1v) is 32.1. The first-order valence-electron chi connectivity index (χ1n) is 32.1. The first-order chi connectivity index (χ1) is 40.5. The number of hydrogen-bond donors (Lipinski definition) is 0. The molecule has 0 radical (unpaired) electrons. The van der Waals surface area contributed by atoms with Gasteiger partial charge < -0.3 is 37.3 Å². The van der Waals surface area contributed by atoms with Crippen LogP contribution >= 0.6 is 0 Å². The molecule has 0 aromatic carbocycles. The molecule has 4 saturated heterocycles. The highest BCUT2D eigenvalue weighted by molar-refractivity contribution is 5.28. The Morgan fingerprint density at radius 2 is 0.795 bits per heavy atom. The molecule has 4 aliphatic heterocycles. The van der Waals surface area contributed by atoms with E-state index in [0.29, 0.717) is 31.8 Å². The fourth-order valence-electron chi connectivity index (χ4n) is 11.4. The second kappa shape index (κ2) is 27.0. The average Bonchev–Trinajstić information content (AvgIpc) is 3.08. The Bertz CT molecular complexity index is 2860. The fraction of sp³-hybridized carbons (Fsp3) is 0.776. The highest BCUT2D eigenvalue weighted by Crippen LogP contribution is 2.55. The minimum atomic E-state index is -4.24. The van der Waals surface area contributed by atoms with Gasteiger partial charge in [-0.3, -0.25) is 19.6 Å². The van der Waals surface area contributed by atoms with Gasteiger partial charge in [0, 0.05) is 162 Å². The number of alkyl halides is 4. The van der Waals surface area contributed by atoms with Crippen molar-refractivity contribution in [3.8, 4) is 0 Å². The largest absolute Gasteiger partial charge is 0.400 e. The van der Waals surface area contributed by atoms with Crippen molar-refractivity contribution in [2.75, 3.05) is 113 Å². The summed E-state index contributed by atoms with van der Waals surface area (Å²) >= 11 is 0. The van der Waals surface area contributed by atoms with E-state index in [1.807, 2.05) is 31.7 Å². The Labute approximate surface area is 523 Å². The molecule has 0 atom stereocenters. The van der Waals surface area contributed by atoms with E-state index in [1.165, 1.54) is 18.9 Å². The Morgan fingerprint density at radius 3 is 1.16 bits per heavy atom. The number of piperazine rings is 3. The molecule has 21 heteroatoms. The van der Waals surface area contributed by atoms with Crippen molar-refractivity contribution in [1.29, 1.82) is 0 Å². The lowest BCUT2D eigenvalue weighted by molar-refractivity contribution is -0.214. The fourth-order valence-corrected chi connectivity index (χ4v) is 11.4. The van der Waals surface area contributed by atoms with Crippen molar-refractivity contribution < 1.29 is 40.2 Å². The van der Waals surface area contributed by atoms with E-state index in [-0.39, 0.29) is 56.7 Å². The van der Waals surface area contributed by atoms with Gasteiger partial charge in [-0.15, -0.1) is 0 Å². The van der Waals surface area contributed by atoms with Crippen molar-refractivity contribution in [3.05, 3.63) is 87.6 Å². The number of likely N-dealkylation sites (N-methyl/N-ethyl adjacent to an activating group) is 3. The van der Waals surface area contributed by atoms with Gasteiger partial charge in [0.15, 0.2) is 0 Å². The molecule has 11 rings (SSSR count). The van der Waals surface area contributed by atoms with E-state index in [0.717, 1.165) is 131 Å². The van der Waals surface area contributed by atoms with Gasteiger partial charge in [-0.2, -0.15) is 13.2 Å². The molecule has 0 amide bonds. The smallest absolute Gasteiger partial charge is 0.361 e. The van der Waals surface area contributed by atoms with Crippen LogP contribution in [-0.2, 0) is 56.7 Å². The number of hydrogen-bond acceptors (Lipinski definition) is 17. The van der Waals surface area contributed by atoms with Crippen LogP contribution in [0, 0.1) is 0 Å². The summed E-state index contributed by atoms with van der Waals surface area (Å²) in [6.07, 6.45) is -0.951. The third-order valence-corrected chi connectivity index (χ3v) is 18.3. The van der Waals surface area contributed by atoms with E-state index in [2.05, 4.69) is 191 Å². The molecule has 0 N–H and O–H groups in total. The second-order valence-corrected chi connectivity index (χ2v) is 32.1. The SMILES string of the molecule is CC(C)(C)c1cc(C2(C(F)(F)F)CCC2)no1.CC1(F)CN(Cc2cc(C(C)(C)C)on2)C1.CN1CCN(C(C)(C)c2cc(C(C)(C)C)on2)CC1.CN1CCN(C2(c3cc(C(C)(C)C)on3)CC2)CC1.CN1CCN(Cc2cc(C(C)(C)C)on2)CC1. The van der Waals surface area contributed by atoms with Crippen LogP contribution in [0.1, 0.15) is 214 Å². The topological polar surface area (TPSA) is 153 Å². The van der Waals surface area contributed by atoms with Crippen molar-refractivity contribution in [2.45, 2.75) is 225 Å². The highest BCUT2D eigenvalue weighted by atomic mass is 19.4. The van der Waals surface area contributed by atoms with Gasteiger partial charge in [0.05, 0.1) is 28.2 Å². The molecule has 2 saturated carbocycles. The second-order valence-electron chi connectivity index (χ2n) is 32.1. The number of aromatic nitrogens is 5. The summed E-state index contributed by atoms with van der Waals surface area (Å²) in [5.74, 6) is 4.32. The Morgan fingerprint density at radius 1 is 0.432 bits per heavy atom. The third-order valence-electron chi connectivity index (χ3n) is 18.3. The maximum atomic E-state index is 13.3. The maximum absolute atomic E-state index is 13.3. The lowest BCUT2D eigenvalue weighted by Crippen LogP contribution is -2.56. The van der Waals surface area contributed by atoms with Gasteiger partial charge in [-0.05, 0) is 67.6 Å². The summed E-state index contributed by atoms with van der Waals surface area (Å²) in [5.41, 5.74) is 1.31. The van der Waals surface area contributed by atoms with Crippen molar-refractivity contribution >= 4 is 0 Å². The molecule has 6 fully saturated rings. The maximum Gasteiger partial charge on any atom is 0.400 e. The Kier molecular flexibility index (Phi) is 21.7. The van der Waals surface area contributed by atoms with Gasteiger partial charge in [0.25, 0.3) is 0 Å². The normalized spacial score (nSPS) is 21.1. The van der Waals surface area contributed by atoms with Crippen LogP contribution < -0.4 is 0 Å². The summed E-state index contributed by atoms with van der Waals surface area (Å²) < 4.78 is 79.3. The van der Waals surface area contributed by atoms with Crippen molar-refractivity contribution in [2.24, 2.45) is 0 Å². The van der Waals surface area contributed by atoms with Gasteiger partial charge in [0.1, 0.15) is 51.3 Å². The Hall–Kier alpha value is -4.51. The minimum absolute atomic E-state index is 0.0173. The van der Waals surface area contributed by atoms with E-state index in [4.69, 9.17) is 22.6 Å².